The number of para-hydroxylation sites is 1. The first-order valence-electron chi connectivity index (χ1n) is 48.0. The van der Waals surface area contributed by atoms with E-state index < -0.39 is 0 Å². The van der Waals surface area contributed by atoms with Gasteiger partial charge < -0.3 is 4.42 Å². The van der Waals surface area contributed by atoms with E-state index in [9.17, 15) is 0 Å². The standard InChI is InChI=1S/C28H17BrS.C26H15BrS.2C22H13BrS.C18H11BrO.C18H11BrS/c29-23-9-4-8-21(16-23)19-6-3-7-20(15-19)22-12-14-27-26(17-22)25-13-11-18-5-1-2-10-24(18)28(25)30-27;27-18-12-9-16(10-13-18)17-11-14-24-23(15-17)25-21-7-3-1-5-19(21)20-6-2-4-8-22(20)26(25)28-24;23-15-11-9-14(10-12-15)19-13-21-22(17-6-2-1-5-16(17)19)18-7-3-4-8-20(18)24-21;23-17-9-5-14(6-10-17)16-8-11-20-19(13-16)22-18-4-2-1-3-15(18)7-12-21(22)24-20;19-14-8-5-12(6-9-14)13-7-10-18-16(11-13)15-3-1-2-4-17(15)20-18;19-13-10-8-12(9-11-13)14-5-3-6-16-15-4-1-2-7-17(15)20-18(14)16/h1-17H;1-15H;2*1-13H;2*1-11H. The maximum absolute atomic E-state index is 5.85. The highest BCUT2D eigenvalue weighted by Crippen LogP contribution is 2.50. The summed E-state index contributed by atoms with van der Waals surface area (Å²) in [5.74, 6) is 0. The number of benzene rings is 24. The van der Waals surface area contributed by atoms with Gasteiger partial charge in [0.25, 0.3) is 0 Å². The lowest BCUT2D eigenvalue weighted by Gasteiger charge is -2.09. The van der Waals surface area contributed by atoms with E-state index in [0.717, 1.165) is 38.0 Å². The summed E-state index contributed by atoms with van der Waals surface area (Å²) in [5.41, 5.74) is 19.4. The molecule has 30 rings (SSSR count). The molecule has 24 aromatic carbocycles. The molecule has 0 spiro atoms. The third-order valence-electron chi connectivity index (χ3n) is 27.4. The monoisotopic (exact) mass is 2340 g/mol. The SMILES string of the molecule is Brc1ccc(-c2cc3sc4ccccc4c3c3ccccc23)cc1.Brc1ccc(-c2ccc3oc4ccccc4c3c2)cc1.Brc1ccc(-c2ccc3sc4c5ccccc5c5ccccc5c4c3c2)cc1.Brc1ccc(-c2ccc3sc4ccc5ccccc5c4c3c2)cc1.Brc1ccc(-c2cccc3c2sc2ccccc23)cc1.Brc1cccc(-c2cccc(-c3ccc4sc5c6ccccc6ccc5c4c3)c2)c1. The molecule has 6 heterocycles. The first-order valence-corrected chi connectivity index (χ1v) is 56.9. The summed E-state index contributed by atoms with van der Waals surface area (Å²) in [6, 6.07) is 174. The molecule has 694 valence electrons. The minimum Gasteiger partial charge on any atom is -0.456 e. The highest BCUT2D eigenvalue weighted by Gasteiger charge is 2.21. The van der Waals surface area contributed by atoms with Crippen LogP contribution in [0.3, 0.4) is 0 Å². The van der Waals surface area contributed by atoms with Crippen LogP contribution in [-0.2, 0) is 0 Å². The van der Waals surface area contributed by atoms with E-state index in [-0.39, 0.29) is 0 Å². The van der Waals surface area contributed by atoms with Crippen molar-refractivity contribution < 1.29 is 4.42 Å². The Hall–Kier alpha value is -13.6. The minimum atomic E-state index is 0.937. The molecule has 6 aromatic heterocycles. The Morgan fingerprint density at radius 2 is 0.486 bits per heavy atom. The number of halogens is 6. The summed E-state index contributed by atoms with van der Waals surface area (Å²) >= 11 is 30.6. The minimum absolute atomic E-state index is 0.937. The Balaban J connectivity index is 0.0000000919. The number of thiophene rings is 5. The summed E-state index contributed by atoms with van der Waals surface area (Å²) in [4.78, 5) is 0. The molecule has 0 aliphatic heterocycles. The second kappa shape index (κ2) is 40.6. The summed E-state index contributed by atoms with van der Waals surface area (Å²) in [5, 5.41) is 29.2. The van der Waals surface area contributed by atoms with Crippen LogP contribution in [-0.4, -0.2) is 0 Å². The summed E-state index contributed by atoms with van der Waals surface area (Å²) in [6.45, 7) is 0. The van der Waals surface area contributed by atoms with E-state index in [0.29, 0.717) is 0 Å². The zero-order chi connectivity index (χ0) is 98.0. The van der Waals surface area contributed by atoms with Crippen LogP contribution >= 0.6 is 152 Å². The zero-order valence-corrected chi connectivity index (χ0v) is 91.5. The van der Waals surface area contributed by atoms with Gasteiger partial charge in [0.05, 0.1) is 0 Å². The van der Waals surface area contributed by atoms with Crippen LogP contribution < -0.4 is 0 Å². The lowest BCUT2D eigenvalue weighted by Crippen LogP contribution is -1.82. The zero-order valence-electron chi connectivity index (χ0n) is 77.9. The molecule has 30 aromatic rings. The van der Waals surface area contributed by atoms with Crippen molar-refractivity contribution >= 4 is 329 Å². The van der Waals surface area contributed by atoms with Gasteiger partial charge in [-0.05, 0) is 284 Å². The van der Waals surface area contributed by atoms with Crippen LogP contribution in [0.15, 0.2) is 517 Å². The van der Waals surface area contributed by atoms with Crippen molar-refractivity contribution in [2.45, 2.75) is 0 Å². The van der Waals surface area contributed by atoms with E-state index in [1.165, 1.54) is 243 Å². The molecular formula is C134H80Br6OS5. The van der Waals surface area contributed by atoms with Crippen molar-refractivity contribution in [2.24, 2.45) is 0 Å². The number of hydrogen-bond donors (Lipinski definition) is 0. The topological polar surface area (TPSA) is 13.1 Å². The first-order chi connectivity index (χ1) is 71.8. The second-order valence-electron chi connectivity index (χ2n) is 36.2. The molecule has 0 saturated heterocycles. The molecule has 0 unspecified atom stereocenters. The Morgan fingerprint density at radius 3 is 1.10 bits per heavy atom. The molecule has 0 atom stereocenters. The largest absolute Gasteiger partial charge is 0.456 e. The molecule has 0 amide bonds. The summed E-state index contributed by atoms with van der Waals surface area (Å²) in [7, 11) is 0. The number of rotatable bonds is 7. The Kier molecular flexibility index (Phi) is 26.0. The van der Waals surface area contributed by atoms with Crippen LogP contribution in [0.5, 0.6) is 0 Å². The van der Waals surface area contributed by atoms with Crippen molar-refractivity contribution in [2.75, 3.05) is 0 Å². The van der Waals surface area contributed by atoms with Gasteiger partial charge >= 0.3 is 0 Å². The van der Waals surface area contributed by atoms with E-state index in [1.807, 2.05) is 80.9 Å². The fourth-order valence-electron chi connectivity index (χ4n) is 20.4. The maximum Gasteiger partial charge on any atom is 0.135 e. The number of furan rings is 1. The van der Waals surface area contributed by atoms with Gasteiger partial charge in [0.1, 0.15) is 11.2 Å². The van der Waals surface area contributed by atoms with Gasteiger partial charge in [-0.25, -0.2) is 0 Å². The molecule has 0 fully saturated rings. The molecular weight excluding hydrogens is 2270 g/mol. The molecule has 0 aliphatic rings. The van der Waals surface area contributed by atoms with Gasteiger partial charge in [-0.1, -0.05) is 423 Å². The van der Waals surface area contributed by atoms with Crippen LogP contribution in [0.4, 0.5) is 0 Å². The fraction of sp³-hybridized carbons (Fsp3) is 0. The van der Waals surface area contributed by atoms with E-state index in [4.69, 9.17) is 4.42 Å². The third kappa shape index (κ3) is 18.4. The molecule has 1 nitrogen and oxygen atoms in total. The van der Waals surface area contributed by atoms with Gasteiger partial charge in [-0.2, -0.15) is 0 Å². The molecule has 0 saturated carbocycles. The van der Waals surface area contributed by atoms with Gasteiger partial charge in [0.2, 0.25) is 0 Å². The van der Waals surface area contributed by atoms with Crippen molar-refractivity contribution in [1.29, 1.82) is 0 Å². The Bertz CT molecular complexity index is 10300. The highest BCUT2D eigenvalue weighted by molar-refractivity contribution is 9.11. The normalized spacial score (nSPS) is 11.5. The van der Waals surface area contributed by atoms with Gasteiger partial charge in [0, 0.05) is 144 Å². The molecule has 0 radical (unpaired) electrons. The average molecular weight is 2350 g/mol. The highest BCUT2D eigenvalue weighted by atomic mass is 79.9. The first kappa shape index (κ1) is 93.4. The van der Waals surface area contributed by atoms with Crippen molar-refractivity contribution in [3.8, 4) is 77.9 Å². The van der Waals surface area contributed by atoms with Gasteiger partial charge in [-0.15, -0.1) is 56.7 Å². The van der Waals surface area contributed by atoms with Crippen LogP contribution in [0.25, 0.3) is 255 Å². The summed E-state index contributed by atoms with van der Waals surface area (Å²) in [6.07, 6.45) is 0. The molecule has 0 aliphatic carbocycles. The van der Waals surface area contributed by atoms with E-state index in [1.54, 1.807) is 0 Å². The van der Waals surface area contributed by atoms with Gasteiger partial charge in [-0.3, -0.25) is 0 Å². The van der Waals surface area contributed by atoms with E-state index >= 15 is 0 Å². The molecule has 146 heavy (non-hydrogen) atoms. The third-order valence-corrected chi connectivity index (χ3v) is 36.5. The predicted molar refractivity (Wildman–Crippen MR) is 662 cm³/mol. The fourth-order valence-corrected chi connectivity index (χ4v) is 28.1. The summed E-state index contributed by atoms with van der Waals surface area (Å²) < 4.78 is 26.1. The number of fused-ring (bicyclic) bond motifs is 29. The second-order valence-corrected chi connectivity index (χ2v) is 47.0. The lowest BCUT2D eigenvalue weighted by atomic mass is 9.95. The van der Waals surface area contributed by atoms with Crippen LogP contribution in [0.2, 0.25) is 0 Å². The van der Waals surface area contributed by atoms with E-state index in [2.05, 4.69) is 557 Å². The molecule has 0 N–H and O–H groups in total. The van der Waals surface area contributed by atoms with Crippen molar-refractivity contribution in [1.82, 2.24) is 0 Å². The smallest absolute Gasteiger partial charge is 0.135 e. The molecule has 12 heteroatoms. The lowest BCUT2D eigenvalue weighted by molar-refractivity contribution is 0.669. The van der Waals surface area contributed by atoms with Crippen molar-refractivity contribution in [3.63, 3.8) is 0 Å². The predicted octanol–water partition coefficient (Wildman–Crippen LogP) is 45.9. The van der Waals surface area contributed by atoms with Gasteiger partial charge in [0.15, 0.2) is 0 Å². The van der Waals surface area contributed by atoms with Crippen LogP contribution in [0, 0.1) is 0 Å². The van der Waals surface area contributed by atoms with Crippen molar-refractivity contribution in [3.05, 3.63) is 512 Å². The molecule has 0 bridgehead atoms. The quantitative estimate of drug-likeness (QED) is 0.145. The Labute approximate surface area is 913 Å². The number of hydrogen-bond acceptors (Lipinski definition) is 6. The Morgan fingerprint density at radius 1 is 0.137 bits per heavy atom. The maximum atomic E-state index is 5.85. The average Bonchev–Trinajstić information content (AvgIpc) is 1.55. The van der Waals surface area contributed by atoms with Crippen LogP contribution in [0.1, 0.15) is 0 Å².